The van der Waals surface area contributed by atoms with Crippen LogP contribution in [0.25, 0.3) is 22.3 Å². The van der Waals surface area contributed by atoms with E-state index in [1.54, 1.807) is 0 Å². The van der Waals surface area contributed by atoms with E-state index in [0.717, 1.165) is 61.6 Å². The molecule has 4 heterocycles. The molecule has 2 aliphatic heterocycles. The van der Waals surface area contributed by atoms with Gasteiger partial charge in [0.1, 0.15) is 35.7 Å². The van der Waals surface area contributed by atoms with Gasteiger partial charge in [0.2, 0.25) is 0 Å². The normalized spacial score (nSPS) is 12.7. The van der Waals surface area contributed by atoms with E-state index < -0.39 is 0 Å². The van der Waals surface area contributed by atoms with Gasteiger partial charge in [-0.2, -0.15) is 0 Å². The zero-order valence-electron chi connectivity index (χ0n) is 17.3. The highest BCUT2D eigenvalue weighted by atomic mass is 16.5. The Morgan fingerprint density at radius 3 is 1.48 bits per heavy atom. The second-order valence-electron chi connectivity index (χ2n) is 8.06. The van der Waals surface area contributed by atoms with Gasteiger partial charge in [-0.3, -0.25) is 0 Å². The van der Waals surface area contributed by atoms with Gasteiger partial charge >= 0.3 is 0 Å². The molecule has 33 heavy (non-hydrogen) atoms. The Morgan fingerprint density at radius 1 is 0.515 bits per heavy atom. The fourth-order valence-electron chi connectivity index (χ4n) is 4.69. The van der Waals surface area contributed by atoms with E-state index in [0.29, 0.717) is 0 Å². The Kier molecular flexibility index (Phi) is 3.84. The second kappa shape index (κ2) is 7.00. The quantitative estimate of drug-likeness (QED) is 0.395. The van der Waals surface area contributed by atoms with Crippen LogP contribution in [-0.4, -0.2) is 26.6 Å². The smallest absolute Gasteiger partial charge is 0.260 e. The molecule has 0 aliphatic carbocycles. The van der Waals surface area contributed by atoms with Gasteiger partial charge in [0.05, 0.1) is 0 Å². The highest BCUT2D eigenvalue weighted by Crippen LogP contribution is 2.36. The van der Waals surface area contributed by atoms with E-state index in [1.165, 1.54) is 12.7 Å². The van der Waals surface area contributed by atoms with E-state index in [9.17, 15) is 0 Å². The van der Waals surface area contributed by atoms with Crippen molar-refractivity contribution in [2.75, 3.05) is 0 Å². The zero-order valence-corrected chi connectivity index (χ0v) is 17.3. The van der Waals surface area contributed by atoms with Crippen molar-refractivity contribution >= 4 is 23.1 Å². The zero-order chi connectivity index (χ0) is 21.8. The molecule has 0 radical (unpaired) electrons. The van der Waals surface area contributed by atoms with Crippen LogP contribution in [0.1, 0.15) is 0 Å². The summed E-state index contributed by atoms with van der Waals surface area (Å²) in [6.07, 6.45) is 10.4. The van der Waals surface area contributed by atoms with Gasteiger partial charge in [-0.05, 0) is 46.3 Å². The standard InChI is InChI=1S/C26H15BN4O2/c1-2-24-26-25(3-1)33-23-7-5-17(19-12-30-15-31-13-19)9-21(23)27(26)20-8-16(4-6-22(20)32-24)18-10-28-14-29-11-18/h1-15H. The van der Waals surface area contributed by atoms with Crippen LogP contribution >= 0.6 is 0 Å². The number of hydrogen-bond donors (Lipinski definition) is 0. The van der Waals surface area contributed by atoms with Gasteiger partial charge in [0, 0.05) is 41.4 Å². The Bertz CT molecular complexity index is 1420. The molecule has 0 saturated carbocycles. The van der Waals surface area contributed by atoms with E-state index in [1.807, 2.05) is 67.3 Å². The molecule has 154 valence electrons. The van der Waals surface area contributed by atoms with Gasteiger partial charge in [-0.15, -0.1) is 0 Å². The third-order valence-corrected chi connectivity index (χ3v) is 6.18. The van der Waals surface area contributed by atoms with Crippen LogP contribution in [0.5, 0.6) is 23.0 Å². The lowest BCUT2D eigenvalue weighted by Crippen LogP contribution is -2.57. The molecule has 2 aromatic heterocycles. The van der Waals surface area contributed by atoms with Gasteiger partial charge < -0.3 is 9.47 Å². The molecule has 0 bridgehead atoms. The summed E-state index contributed by atoms with van der Waals surface area (Å²) < 4.78 is 12.6. The van der Waals surface area contributed by atoms with Crippen LogP contribution in [0.15, 0.2) is 92.0 Å². The van der Waals surface area contributed by atoms with Crippen molar-refractivity contribution in [3.63, 3.8) is 0 Å². The summed E-state index contributed by atoms with van der Waals surface area (Å²) in [6, 6.07) is 18.4. The molecular formula is C26H15BN4O2. The van der Waals surface area contributed by atoms with Crippen LogP contribution in [0.2, 0.25) is 0 Å². The summed E-state index contributed by atoms with van der Waals surface area (Å²) in [5.41, 5.74) is 7.22. The molecule has 6 nitrogen and oxygen atoms in total. The van der Waals surface area contributed by atoms with Crippen LogP contribution in [0.4, 0.5) is 0 Å². The molecule has 0 saturated heterocycles. The lowest BCUT2D eigenvalue weighted by molar-refractivity contribution is 0.464. The number of nitrogens with zero attached hydrogens (tertiary/aromatic N) is 4. The number of aromatic nitrogens is 4. The molecule has 5 aromatic rings. The first-order valence-corrected chi connectivity index (χ1v) is 10.6. The van der Waals surface area contributed by atoms with E-state index >= 15 is 0 Å². The number of fused-ring (bicyclic) bond motifs is 4. The SMILES string of the molecule is c1cc2c3c(c1)Oc1ccc(-c4cncnc4)cc1B3c1cc(-c3cncnc3)ccc1O2. The first-order chi connectivity index (χ1) is 16.3. The maximum Gasteiger partial charge on any atom is 0.260 e. The van der Waals surface area contributed by atoms with E-state index in [-0.39, 0.29) is 6.71 Å². The summed E-state index contributed by atoms with van der Waals surface area (Å²) in [5.74, 6) is 3.32. The minimum Gasteiger partial charge on any atom is -0.458 e. The summed E-state index contributed by atoms with van der Waals surface area (Å²) in [5, 5.41) is 0. The highest BCUT2D eigenvalue weighted by Gasteiger charge is 2.40. The Balaban J connectivity index is 1.46. The molecule has 2 aliphatic rings. The molecule has 7 rings (SSSR count). The first kappa shape index (κ1) is 18.1. The average molecular weight is 426 g/mol. The van der Waals surface area contributed by atoms with Gasteiger partial charge in [0.15, 0.2) is 0 Å². The number of rotatable bonds is 2. The van der Waals surface area contributed by atoms with Crippen LogP contribution in [0.3, 0.4) is 0 Å². The molecule has 0 fully saturated rings. The van der Waals surface area contributed by atoms with E-state index in [2.05, 4.69) is 32.1 Å². The predicted octanol–water partition coefficient (Wildman–Crippen LogP) is 3.33. The molecule has 0 spiro atoms. The molecule has 0 N–H and O–H groups in total. The lowest BCUT2D eigenvalue weighted by Gasteiger charge is -2.33. The Hall–Kier alpha value is -4.52. The fourth-order valence-corrected chi connectivity index (χ4v) is 4.69. The van der Waals surface area contributed by atoms with Crippen molar-refractivity contribution in [1.82, 2.24) is 19.9 Å². The van der Waals surface area contributed by atoms with Gasteiger partial charge in [-0.25, -0.2) is 19.9 Å². The van der Waals surface area contributed by atoms with Crippen molar-refractivity contribution in [3.8, 4) is 45.3 Å². The number of hydrogen-bond acceptors (Lipinski definition) is 6. The van der Waals surface area contributed by atoms with Crippen molar-refractivity contribution in [3.05, 3.63) is 92.0 Å². The van der Waals surface area contributed by atoms with Gasteiger partial charge in [0.25, 0.3) is 6.71 Å². The maximum absolute atomic E-state index is 6.31. The average Bonchev–Trinajstić information content (AvgIpc) is 2.89. The number of benzene rings is 3. The second-order valence-corrected chi connectivity index (χ2v) is 8.06. The Morgan fingerprint density at radius 2 is 1.00 bits per heavy atom. The predicted molar refractivity (Wildman–Crippen MR) is 126 cm³/mol. The fraction of sp³-hybridized carbons (Fsp3) is 0. The minimum atomic E-state index is -0.0298. The maximum atomic E-state index is 6.31. The Labute approximate surface area is 190 Å². The highest BCUT2D eigenvalue weighted by molar-refractivity contribution is 6.98. The third kappa shape index (κ3) is 2.83. The lowest BCUT2D eigenvalue weighted by atomic mass is 9.34. The minimum absolute atomic E-state index is 0.0298. The molecule has 0 amide bonds. The molecule has 0 atom stereocenters. The molecule has 3 aromatic carbocycles. The van der Waals surface area contributed by atoms with Crippen molar-refractivity contribution in [2.24, 2.45) is 0 Å². The topological polar surface area (TPSA) is 70.0 Å². The van der Waals surface area contributed by atoms with Gasteiger partial charge in [-0.1, -0.05) is 30.3 Å². The van der Waals surface area contributed by atoms with Crippen LogP contribution in [-0.2, 0) is 0 Å². The molecule has 7 heteroatoms. The first-order valence-electron chi connectivity index (χ1n) is 10.6. The third-order valence-electron chi connectivity index (χ3n) is 6.18. The van der Waals surface area contributed by atoms with Crippen LogP contribution < -0.4 is 25.9 Å². The number of ether oxygens (including phenoxy) is 2. The summed E-state index contributed by atoms with van der Waals surface area (Å²) in [6.45, 7) is -0.0298. The molecule has 0 unspecified atom stereocenters. The van der Waals surface area contributed by atoms with Crippen molar-refractivity contribution in [2.45, 2.75) is 0 Å². The van der Waals surface area contributed by atoms with Crippen LogP contribution in [0, 0.1) is 0 Å². The monoisotopic (exact) mass is 426 g/mol. The summed E-state index contributed by atoms with van der Waals surface area (Å²) in [7, 11) is 0. The summed E-state index contributed by atoms with van der Waals surface area (Å²) in [4.78, 5) is 16.7. The van der Waals surface area contributed by atoms with E-state index in [4.69, 9.17) is 9.47 Å². The largest absolute Gasteiger partial charge is 0.458 e. The van der Waals surface area contributed by atoms with Crippen molar-refractivity contribution in [1.29, 1.82) is 0 Å². The summed E-state index contributed by atoms with van der Waals surface area (Å²) >= 11 is 0. The molecular weight excluding hydrogens is 411 g/mol. The van der Waals surface area contributed by atoms with Crippen molar-refractivity contribution < 1.29 is 9.47 Å².